The molecular formula is C23H29N5O2S. The van der Waals surface area contributed by atoms with Crippen LogP contribution in [0.3, 0.4) is 0 Å². The Labute approximate surface area is 185 Å². The van der Waals surface area contributed by atoms with Gasteiger partial charge >= 0.3 is 0 Å². The monoisotopic (exact) mass is 439 g/mol. The number of hydrogen-bond acceptors (Lipinski definition) is 4. The van der Waals surface area contributed by atoms with Gasteiger partial charge in [0.15, 0.2) is 0 Å². The molecule has 0 aliphatic carbocycles. The molecule has 1 aliphatic heterocycles. The number of rotatable bonds is 8. The Kier molecular flexibility index (Phi) is 6.99. The number of benzene rings is 1. The van der Waals surface area contributed by atoms with E-state index < -0.39 is 10.8 Å². The first-order valence-corrected chi connectivity index (χ1v) is 12.2. The number of amides is 1. The van der Waals surface area contributed by atoms with Gasteiger partial charge in [-0.15, -0.1) is 0 Å². The molecule has 1 amide bonds. The molecule has 0 spiro atoms. The maximum absolute atomic E-state index is 12.9. The van der Waals surface area contributed by atoms with Gasteiger partial charge in [0.05, 0.1) is 17.6 Å². The van der Waals surface area contributed by atoms with Gasteiger partial charge in [0.2, 0.25) is 5.91 Å². The van der Waals surface area contributed by atoms with Gasteiger partial charge in [0, 0.05) is 54.9 Å². The van der Waals surface area contributed by atoms with Crippen molar-refractivity contribution in [1.29, 1.82) is 0 Å². The fraction of sp³-hybridized carbons (Fsp3) is 0.391. The van der Waals surface area contributed by atoms with Crippen molar-refractivity contribution in [3.05, 3.63) is 66.6 Å². The molecular weight excluding hydrogens is 410 g/mol. The summed E-state index contributed by atoms with van der Waals surface area (Å²) < 4.78 is 16.7. The van der Waals surface area contributed by atoms with Crippen LogP contribution in [-0.2, 0) is 21.3 Å². The molecule has 3 heterocycles. The number of piperazine rings is 1. The number of nitrogens with zero attached hydrogens (tertiary/aromatic N) is 5. The standard InChI is InChI=1S/C23H29N5O2S/c1-2-10-25-13-15-26(16-14-25)22(29)19-31(30)18-20-17-24-28(21-8-4-3-5-9-21)23(20)27-11-6-7-12-27/h3-9,11-12,17H,2,10,13-16,18-19H2,1H3/t31-/m1/s1. The molecule has 164 valence electrons. The summed E-state index contributed by atoms with van der Waals surface area (Å²) in [5.74, 6) is 1.18. The largest absolute Gasteiger partial charge is 0.339 e. The van der Waals surface area contributed by atoms with E-state index in [2.05, 4.69) is 16.9 Å². The Morgan fingerprint density at radius 3 is 2.42 bits per heavy atom. The number of aromatic nitrogens is 3. The minimum atomic E-state index is -1.30. The molecule has 0 N–H and O–H groups in total. The van der Waals surface area contributed by atoms with Crippen molar-refractivity contribution in [2.45, 2.75) is 19.1 Å². The van der Waals surface area contributed by atoms with Crippen LogP contribution in [0, 0.1) is 0 Å². The van der Waals surface area contributed by atoms with Gasteiger partial charge in [-0.25, -0.2) is 4.68 Å². The second kappa shape index (κ2) is 10.1. The molecule has 3 aromatic rings. The minimum Gasteiger partial charge on any atom is -0.339 e. The maximum atomic E-state index is 12.9. The summed E-state index contributed by atoms with van der Waals surface area (Å²) in [6, 6.07) is 13.8. The van der Waals surface area contributed by atoms with Gasteiger partial charge in [-0.1, -0.05) is 25.1 Å². The zero-order valence-electron chi connectivity index (χ0n) is 17.9. The smallest absolute Gasteiger partial charge is 0.235 e. The Bertz CT molecular complexity index is 1010. The van der Waals surface area contributed by atoms with E-state index in [4.69, 9.17) is 0 Å². The van der Waals surface area contributed by atoms with Crippen molar-refractivity contribution in [3.63, 3.8) is 0 Å². The van der Waals surface area contributed by atoms with E-state index in [-0.39, 0.29) is 11.7 Å². The fourth-order valence-electron chi connectivity index (χ4n) is 3.98. The van der Waals surface area contributed by atoms with E-state index in [0.29, 0.717) is 5.75 Å². The molecule has 1 aromatic carbocycles. The van der Waals surface area contributed by atoms with Crippen LogP contribution in [0.2, 0.25) is 0 Å². The Morgan fingerprint density at radius 1 is 1.03 bits per heavy atom. The predicted molar refractivity (Wildman–Crippen MR) is 123 cm³/mol. The highest BCUT2D eigenvalue weighted by molar-refractivity contribution is 7.84. The van der Waals surface area contributed by atoms with Crippen LogP contribution in [-0.4, -0.2) is 72.7 Å². The maximum Gasteiger partial charge on any atom is 0.235 e. The second-order valence-corrected chi connectivity index (χ2v) is 9.24. The van der Waals surface area contributed by atoms with E-state index >= 15 is 0 Å². The first-order chi connectivity index (χ1) is 15.2. The molecule has 0 bridgehead atoms. The summed E-state index contributed by atoms with van der Waals surface area (Å²) >= 11 is 0. The van der Waals surface area contributed by atoms with E-state index in [1.165, 1.54) is 0 Å². The summed E-state index contributed by atoms with van der Waals surface area (Å²) in [5, 5.41) is 4.55. The number of carbonyl (C=O) groups excluding carboxylic acids is 1. The van der Waals surface area contributed by atoms with Crippen molar-refractivity contribution in [2.24, 2.45) is 0 Å². The first-order valence-electron chi connectivity index (χ1n) is 10.8. The molecule has 0 radical (unpaired) electrons. The van der Waals surface area contributed by atoms with E-state index in [9.17, 15) is 9.00 Å². The van der Waals surface area contributed by atoms with Crippen LogP contribution < -0.4 is 0 Å². The van der Waals surface area contributed by atoms with Crippen molar-refractivity contribution in [3.8, 4) is 11.5 Å². The summed E-state index contributed by atoms with van der Waals surface area (Å²) in [4.78, 5) is 16.9. The molecule has 1 aliphatic rings. The zero-order chi connectivity index (χ0) is 21.6. The molecule has 4 rings (SSSR count). The van der Waals surface area contributed by atoms with Gasteiger partial charge in [0.1, 0.15) is 11.6 Å². The molecule has 31 heavy (non-hydrogen) atoms. The van der Waals surface area contributed by atoms with Crippen LogP contribution in [0.25, 0.3) is 11.5 Å². The lowest BCUT2D eigenvalue weighted by atomic mass is 10.3. The molecule has 7 nitrogen and oxygen atoms in total. The fourth-order valence-corrected chi connectivity index (χ4v) is 5.09. The van der Waals surface area contributed by atoms with Gasteiger partial charge in [-0.2, -0.15) is 5.10 Å². The quantitative estimate of drug-likeness (QED) is 0.541. The van der Waals surface area contributed by atoms with Crippen molar-refractivity contribution in [1.82, 2.24) is 24.1 Å². The highest BCUT2D eigenvalue weighted by Crippen LogP contribution is 2.21. The molecule has 1 fully saturated rings. The predicted octanol–water partition coefficient (Wildman–Crippen LogP) is 2.47. The lowest BCUT2D eigenvalue weighted by molar-refractivity contribution is -0.130. The third-order valence-corrected chi connectivity index (χ3v) is 6.73. The van der Waals surface area contributed by atoms with Gasteiger partial charge in [-0.05, 0) is 37.2 Å². The summed E-state index contributed by atoms with van der Waals surface area (Å²) in [7, 11) is -1.30. The third-order valence-electron chi connectivity index (χ3n) is 5.53. The van der Waals surface area contributed by atoms with Crippen LogP contribution in [0.1, 0.15) is 18.9 Å². The molecule has 2 aromatic heterocycles. The lowest BCUT2D eigenvalue weighted by Crippen LogP contribution is -2.49. The number of hydrogen-bond donors (Lipinski definition) is 0. The summed E-state index contributed by atoms with van der Waals surface area (Å²) in [6.07, 6.45) is 6.78. The number of carbonyl (C=O) groups is 1. The van der Waals surface area contributed by atoms with Crippen LogP contribution in [0.15, 0.2) is 61.1 Å². The van der Waals surface area contributed by atoms with Crippen molar-refractivity contribution < 1.29 is 9.00 Å². The van der Waals surface area contributed by atoms with Crippen molar-refractivity contribution in [2.75, 3.05) is 38.5 Å². The SMILES string of the molecule is CCCN1CCN(C(=O)C[S@](=O)Cc2cnn(-c3ccccc3)c2-n2cccc2)CC1. The van der Waals surface area contributed by atoms with Crippen LogP contribution in [0.4, 0.5) is 0 Å². The Balaban J connectivity index is 1.45. The van der Waals surface area contributed by atoms with Crippen molar-refractivity contribution >= 4 is 16.7 Å². The van der Waals surface area contributed by atoms with Crippen LogP contribution >= 0.6 is 0 Å². The van der Waals surface area contributed by atoms with Gasteiger partial charge in [-0.3, -0.25) is 13.9 Å². The van der Waals surface area contributed by atoms with E-state index in [1.54, 1.807) is 6.20 Å². The lowest BCUT2D eigenvalue weighted by Gasteiger charge is -2.34. The first kappa shape index (κ1) is 21.5. The average molecular weight is 440 g/mol. The van der Waals surface area contributed by atoms with E-state index in [0.717, 1.165) is 56.2 Å². The second-order valence-electron chi connectivity index (χ2n) is 7.78. The van der Waals surface area contributed by atoms with E-state index in [1.807, 2.05) is 69.0 Å². The molecule has 0 saturated carbocycles. The highest BCUT2D eigenvalue weighted by Gasteiger charge is 2.23. The van der Waals surface area contributed by atoms with Crippen LogP contribution in [0.5, 0.6) is 0 Å². The average Bonchev–Trinajstić information content (AvgIpc) is 3.45. The normalized spacial score (nSPS) is 15.8. The topological polar surface area (TPSA) is 63.4 Å². The molecule has 1 saturated heterocycles. The molecule has 1 atom stereocenters. The minimum absolute atomic E-state index is 0.0209. The highest BCUT2D eigenvalue weighted by atomic mass is 32.2. The van der Waals surface area contributed by atoms with Gasteiger partial charge < -0.3 is 9.47 Å². The summed E-state index contributed by atoms with van der Waals surface area (Å²) in [6.45, 7) is 6.47. The third kappa shape index (κ3) is 5.14. The number of para-hydroxylation sites is 1. The Hall–Kier alpha value is -2.71. The Morgan fingerprint density at radius 2 is 1.74 bits per heavy atom. The summed E-state index contributed by atoms with van der Waals surface area (Å²) in [5.41, 5.74) is 1.79. The van der Waals surface area contributed by atoms with Gasteiger partial charge in [0.25, 0.3) is 0 Å². The zero-order valence-corrected chi connectivity index (χ0v) is 18.7. The molecule has 8 heteroatoms. The molecule has 0 unspecified atom stereocenters.